The van der Waals surface area contributed by atoms with E-state index in [1.54, 1.807) is 0 Å². The van der Waals surface area contributed by atoms with E-state index in [0.29, 0.717) is 11.8 Å². The Morgan fingerprint density at radius 2 is 2.07 bits per heavy atom. The van der Waals surface area contributed by atoms with Crippen LogP contribution >= 0.6 is 0 Å². The van der Waals surface area contributed by atoms with Crippen LogP contribution in [0.5, 0.6) is 0 Å². The molecule has 0 bridgehead atoms. The molecule has 1 aromatic rings. The van der Waals surface area contributed by atoms with Gasteiger partial charge in [-0.15, -0.1) is 0 Å². The van der Waals surface area contributed by atoms with Crippen LogP contribution in [-0.2, 0) is 11.2 Å². The van der Waals surface area contributed by atoms with Gasteiger partial charge in [0.25, 0.3) is 0 Å². The highest BCUT2D eigenvalue weighted by Crippen LogP contribution is 2.33. The first-order valence-corrected chi connectivity index (χ1v) is 5.71. The number of carbonyl (C=O) groups is 1. The number of hydrogen-bond acceptors (Lipinski definition) is 2. The first-order chi connectivity index (χ1) is 7.34. The number of hydrogen-bond donors (Lipinski definition) is 0. The summed E-state index contributed by atoms with van der Waals surface area (Å²) in [4.78, 5) is 13.7. The van der Waals surface area contributed by atoms with E-state index in [4.69, 9.17) is 0 Å². The van der Waals surface area contributed by atoms with Crippen LogP contribution in [0.2, 0.25) is 0 Å². The van der Waals surface area contributed by atoms with Crippen LogP contribution in [-0.4, -0.2) is 18.4 Å². The number of rotatable bonds is 1. The van der Waals surface area contributed by atoms with Gasteiger partial charge >= 0.3 is 0 Å². The third kappa shape index (κ3) is 1.44. The standard InChI is InChI=1S/C13H15NO/c15-12-6-5-11(9-12)14-8-7-10-3-1-2-4-13(10)14/h1-4,11H,5-9H2/t11-/m1/s1. The van der Waals surface area contributed by atoms with Gasteiger partial charge in [0.15, 0.2) is 0 Å². The van der Waals surface area contributed by atoms with Crippen molar-refractivity contribution in [3.63, 3.8) is 0 Å². The van der Waals surface area contributed by atoms with Crippen molar-refractivity contribution < 1.29 is 4.79 Å². The molecule has 1 atom stereocenters. The Balaban J connectivity index is 1.87. The van der Waals surface area contributed by atoms with Crippen LogP contribution in [0.15, 0.2) is 24.3 Å². The topological polar surface area (TPSA) is 20.3 Å². The molecular formula is C13H15NO. The summed E-state index contributed by atoms with van der Waals surface area (Å²) in [5.41, 5.74) is 2.80. The fourth-order valence-corrected chi connectivity index (χ4v) is 2.80. The van der Waals surface area contributed by atoms with Crippen LogP contribution in [0.4, 0.5) is 5.69 Å². The third-order valence-corrected chi connectivity index (χ3v) is 3.58. The van der Waals surface area contributed by atoms with Crippen LogP contribution in [0.3, 0.4) is 0 Å². The molecule has 2 heteroatoms. The van der Waals surface area contributed by atoms with Gasteiger partial charge in [-0.1, -0.05) is 18.2 Å². The zero-order valence-electron chi connectivity index (χ0n) is 8.78. The van der Waals surface area contributed by atoms with Crippen molar-refractivity contribution in [1.29, 1.82) is 0 Å². The SMILES string of the molecule is O=C1CC[C@@H](N2CCc3ccccc32)C1. The molecular weight excluding hydrogens is 186 g/mol. The minimum absolute atomic E-state index is 0.435. The van der Waals surface area contributed by atoms with E-state index >= 15 is 0 Å². The van der Waals surface area contributed by atoms with Crippen molar-refractivity contribution in [1.82, 2.24) is 0 Å². The molecule has 0 spiro atoms. The summed E-state index contributed by atoms with van der Waals surface area (Å²) in [6.07, 6.45) is 3.73. The molecule has 3 rings (SSSR count). The van der Waals surface area contributed by atoms with Gasteiger partial charge in [-0.2, -0.15) is 0 Å². The average Bonchev–Trinajstić information content (AvgIpc) is 2.83. The van der Waals surface area contributed by atoms with E-state index in [1.807, 2.05) is 0 Å². The minimum Gasteiger partial charge on any atom is -0.368 e. The van der Waals surface area contributed by atoms with Crippen LogP contribution in [0, 0.1) is 0 Å². The van der Waals surface area contributed by atoms with Gasteiger partial charge in [0.2, 0.25) is 0 Å². The van der Waals surface area contributed by atoms with Crippen molar-refractivity contribution in [2.24, 2.45) is 0 Å². The summed E-state index contributed by atoms with van der Waals surface area (Å²) >= 11 is 0. The third-order valence-electron chi connectivity index (χ3n) is 3.58. The number of carbonyl (C=O) groups excluding carboxylic acids is 1. The second-order valence-corrected chi connectivity index (χ2v) is 4.51. The molecule has 1 aromatic carbocycles. The molecule has 0 saturated heterocycles. The highest BCUT2D eigenvalue weighted by atomic mass is 16.1. The molecule has 0 unspecified atom stereocenters. The summed E-state index contributed by atoms with van der Waals surface area (Å²) in [5.74, 6) is 0.435. The molecule has 1 fully saturated rings. The molecule has 1 saturated carbocycles. The first-order valence-electron chi connectivity index (χ1n) is 5.71. The lowest BCUT2D eigenvalue weighted by Crippen LogP contribution is -2.31. The predicted octanol–water partition coefficient (Wildman–Crippen LogP) is 2.17. The van der Waals surface area contributed by atoms with Gasteiger partial charge in [0.1, 0.15) is 5.78 Å². The lowest BCUT2D eigenvalue weighted by molar-refractivity contribution is -0.117. The Morgan fingerprint density at radius 3 is 2.87 bits per heavy atom. The Morgan fingerprint density at radius 1 is 1.20 bits per heavy atom. The summed E-state index contributed by atoms with van der Waals surface area (Å²) in [6, 6.07) is 9.05. The number of para-hydroxylation sites is 1. The van der Waals surface area contributed by atoms with Gasteiger partial charge in [0.05, 0.1) is 0 Å². The van der Waals surface area contributed by atoms with Crippen molar-refractivity contribution in [2.75, 3.05) is 11.4 Å². The maximum Gasteiger partial charge on any atom is 0.135 e. The number of Topliss-reactive ketones (excluding diaryl/α,β-unsaturated/α-hetero) is 1. The van der Waals surface area contributed by atoms with E-state index in [0.717, 1.165) is 32.2 Å². The van der Waals surface area contributed by atoms with Crippen LogP contribution in [0.1, 0.15) is 24.8 Å². The number of ketones is 1. The summed E-state index contributed by atoms with van der Waals surface area (Å²) in [7, 11) is 0. The summed E-state index contributed by atoms with van der Waals surface area (Å²) < 4.78 is 0. The molecule has 1 aliphatic carbocycles. The molecule has 0 aromatic heterocycles. The molecule has 2 nitrogen and oxygen atoms in total. The summed E-state index contributed by atoms with van der Waals surface area (Å²) in [5, 5.41) is 0. The Labute approximate surface area is 89.9 Å². The smallest absolute Gasteiger partial charge is 0.135 e. The molecule has 0 N–H and O–H groups in total. The van der Waals surface area contributed by atoms with Gasteiger partial charge in [0, 0.05) is 31.1 Å². The van der Waals surface area contributed by atoms with Crippen molar-refractivity contribution in [3.8, 4) is 0 Å². The zero-order valence-corrected chi connectivity index (χ0v) is 8.78. The molecule has 1 aliphatic heterocycles. The quantitative estimate of drug-likeness (QED) is 0.694. The molecule has 15 heavy (non-hydrogen) atoms. The lowest BCUT2D eigenvalue weighted by Gasteiger charge is -2.26. The monoisotopic (exact) mass is 201 g/mol. The van der Waals surface area contributed by atoms with Gasteiger partial charge in [-0.3, -0.25) is 4.79 Å². The minimum atomic E-state index is 0.435. The Hall–Kier alpha value is -1.31. The molecule has 78 valence electrons. The largest absolute Gasteiger partial charge is 0.368 e. The number of benzene rings is 1. The second-order valence-electron chi connectivity index (χ2n) is 4.51. The lowest BCUT2D eigenvalue weighted by atomic mass is 10.1. The molecule has 0 radical (unpaired) electrons. The second kappa shape index (κ2) is 3.37. The van der Waals surface area contributed by atoms with Crippen molar-refractivity contribution in [3.05, 3.63) is 29.8 Å². The van der Waals surface area contributed by atoms with E-state index in [9.17, 15) is 4.79 Å². The average molecular weight is 201 g/mol. The predicted molar refractivity (Wildman–Crippen MR) is 60.1 cm³/mol. The Kier molecular flexibility index (Phi) is 2.01. The van der Waals surface area contributed by atoms with Crippen molar-refractivity contribution >= 4 is 11.5 Å². The van der Waals surface area contributed by atoms with Gasteiger partial charge in [-0.05, 0) is 24.5 Å². The molecule has 1 heterocycles. The van der Waals surface area contributed by atoms with E-state index < -0.39 is 0 Å². The fraction of sp³-hybridized carbons (Fsp3) is 0.462. The maximum absolute atomic E-state index is 11.3. The van der Waals surface area contributed by atoms with E-state index in [-0.39, 0.29) is 0 Å². The molecule has 0 amide bonds. The first kappa shape index (κ1) is 8.96. The highest BCUT2D eigenvalue weighted by Gasteiger charge is 2.31. The fourth-order valence-electron chi connectivity index (χ4n) is 2.80. The van der Waals surface area contributed by atoms with E-state index in [1.165, 1.54) is 11.3 Å². The van der Waals surface area contributed by atoms with Crippen LogP contribution < -0.4 is 4.90 Å². The number of anilines is 1. The maximum atomic E-state index is 11.3. The summed E-state index contributed by atoms with van der Waals surface area (Å²) in [6.45, 7) is 1.09. The van der Waals surface area contributed by atoms with E-state index in [2.05, 4.69) is 29.2 Å². The number of nitrogens with zero attached hydrogens (tertiary/aromatic N) is 1. The van der Waals surface area contributed by atoms with Crippen molar-refractivity contribution in [2.45, 2.75) is 31.7 Å². The van der Waals surface area contributed by atoms with Gasteiger partial charge in [-0.25, -0.2) is 0 Å². The van der Waals surface area contributed by atoms with Crippen LogP contribution in [0.25, 0.3) is 0 Å². The Bertz CT molecular complexity index is 399. The molecule has 2 aliphatic rings. The van der Waals surface area contributed by atoms with Gasteiger partial charge < -0.3 is 4.90 Å². The normalized spacial score (nSPS) is 24.7. The highest BCUT2D eigenvalue weighted by molar-refractivity contribution is 5.82. The number of fused-ring (bicyclic) bond motifs is 1. The zero-order chi connectivity index (χ0) is 10.3.